The molecule has 0 unspecified atom stereocenters. The highest BCUT2D eigenvalue weighted by atomic mass is 16.6. The van der Waals surface area contributed by atoms with Gasteiger partial charge in [-0.3, -0.25) is 10.1 Å². The number of hydrogen-bond donors (Lipinski definition) is 0. The van der Waals surface area contributed by atoms with Crippen LogP contribution in [0.4, 0.5) is 5.69 Å². The van der Waals surface area contributed by atoms with E-state index in [0.717, 1.165) is 29.6 Å². The number of nitrogens with zero attached hydrogens (tertiary/aromatic N) is 1. The number of unbranched alkanes of at least 4 members (excludes halogenated alkanes) is 3. The zero-order chi connectivity index (χ0) is 13.0. The summed E-state index contributed by atoms with van der Waals surface area (Å²) in [6.07, 6.45) is 5.67. The second kappa shape index (κ2) is 5.67. The Morgan fingerprint density at radius 2 is 2.06 bits per heavy atom. The van der Waals surface area contributed by atoms with Crippen molar-refractivity contribution in [2.24, 2.45) is 0 Å². The molecule has 0 radical (unpaired) electrons. The number of rotatable bonds is 6. The zero-order valence-corrected chi connectivity index (χ0v) is 10.5. The van der Waals surface area contributed by atoms with Gasteiger partial charge in [-0.15, -0.1) is 0 Å². The van der Waals surface area contributed by atoms with Gasteiger partial charge in [0.25, 0.3) is 5.69 Å². The van der Waals surface area contributed by atoms with Gasteiger partial charge in [-0.25, -0.2) is 0 Å². The molecule has 96 valence electrons. The van der Waals surface area contributed by atoms with Gasteiger partial charge in [0.2, 0.25) is 0 Å². The highest BCUT2D eigenvalue weighted by Crippen LogP contribution is 2.25. The van der Waals surface area contributed by atoms with E-state index in [-0.39, 0.29) is 10.6 Å². The van der Waals surface area contributed by atoms with Crippen LogP contribution in [0.1, 0.15) is 38.4 Å². The molecule has 1 aromatic heterocycles. The van der Waals surface area contributed by atoms with Gasteiger partial charge in [-0.05, 0) is 18.6 Å². The third-order valence-electron chi connectivity index (χ3n) is 3.04. The number of non-ortho nitro benzene ring substituents is 1. The van der Waals surface area contributed by atoms with E-state index >= 15 is 0 Å². The van der Waals surface area contributed by atoms with E-state index in [0.29, 0.717) is 0 Å². The number of aryl methyl sites for hydroxylation is 1. The summed E-state index contributed by atoms with van der Waals surface area (Å²) < 4.78 is 5.66. The van der Waals surface area contributed by atoms with Crippen LogP contribution < -0.4 is 0 Å². The lowest BCUT2D eigenvalue weighted by atomic mass is 10.1. The fourth-order valence-electron chi connectivity index (χ4n) is 2.05. The Kier molecular flexibility index (Phi) is 3.97. The topological polar surface area (TPSA) is 56.3 Å². The first-order valence-corrected chi connectivity index (χ1v) is 6.37. The number of benzene rings is 1. The van der Waals surface area contributed by atoms with Crippen LogP contribution in [0.3, 0.4) is 0 Å². The highest BCUT2D eigenvalue weighted by Gasteiger charge is 2.09. The van der Waals surface area contributed by atoms with Gasteiger partial charge in [0.05, 0.1) is 4.92 Å². The third kappa shape index (κ3) is 2.88. The molecule has 0 aliphatic rings. The molecule has 2 rings (SSSR count). The highest BCUT2D eigenvalue weighted by molar-refractivity contribution is 5.80. The van der Waals surface area contributed by atoms with E-state index in [9.17, 15) is 10.1 Å². The molecule has 0 aliphatic heterocycles. The average Bonchev–Trinajstić information content (AvgIpc) is 2.76. The monoisotopic (exact) mass is 247 g/mol. The van der Waals surface area contributed by atoms with Crippen LogP contribution >= 0.6 is 0 Å². The zero-order valence-electron chi connectivity index (χ0n) is 10.5. The second-order valence-electron chi connectivity index (χ2n) is 4.50. The molecule has 0 bridgehead atoms. The van der Waals surface area contributed by atoms with Crippen LogP contribution in [0.5, 0.6) is 0 Å². The number of nitro benzene ring substituents is 1. The first-order chi connectivity index (χ1) is 8.70. The lowest BCUT2D eigenvalue weighted by molar-refractivity contribution is -0.384. The van der Waals surface area contributed by atoms with Crippen molar-refractivity contribution in [3.8, 4) is 0 Å². The van der Waals surface area contributed by atoms with Gasteiger partial charge in [0, 0.05) is 23.9 Å². The minimum Gasteiger partial charge on any atom is -0.461 e. The minimum atomic E-state index is -0.382. The van der Waals surface area contributed by atoms with Crippen molar-refractivity contribution < 1.29 is 9.34 Å². The van der Waals surface area contributed by atoms with Crippen LogP contribution in [-0.2, 0) is 6.42 Å². The van der Waals surface area contributed by atoms with Crippen molar-refractivity contribution in [2.75, 3.05) is 0 Å². The quantitative estimate of drug-likeness (QED) is 0.430. The first-order valence-electron chi connectivity index (χ1n) is 6.37. The van der Waals surface area contributed by atoms with Crippen LogP contribution in [0.2, 0.25) is 0 Å². The molecule has 0 fully saturated rings. The van der Waals surface area contributed by atoms with Gasteiger partial charge in [0.15, 0.2) is 0 Å². The van der Waals surface area contributed by atoms with Crippen molar-refractivity contribution in [3.63, 3.8) is 0 Å². The van der Waals surface area contributed by atoms with Crippen molar-refractivity contribution >= 4 is 16.7 Å². The number of fused-ring (bicyclic) bond motifs is 1. The number of furan rings is 1. The van der Waals surface area contributed by atoms with E-state index in [4.69, 9.17) is 4.42 Å². The summed E-state index contributed by atoms with van der Waals surface area (Å²) in [6.45, 7) is 2.18. The third-order valence-corrected chi connectivity index (χ3v) is 3.04. The molecule has 0 saturated carbocycles. The van der Waals surface area contributed by atoms with E-state index in [1.54, 1.807) is 12.1 Å². The van der Waals surface area contributed by atoms with Crippen molar-refractivity contribution in [2.45, 2.75) is 39.0 Å². The van der Waals surface area contributed by atoms with E-state index < -0.39 is 0 Å². The molecule has 0 N–H and O–H groups in total. The maximum atomic E-state index is 10.7. The lowest BCUT2D eigenvalue weighted by Crippen LogP contribution is -1.85. The maximum Gasteiger partial charge on any atom is 0.270 e. The summed E-state index contributed by atoms with van der Waals surface area (Å²) in [7, 11) is 0. The normalized spacial score (nSPS) is 10.9. The molecule has 1 aromatic carbocycles. The Hall–Kier alpha value is -1.84. The summed E-state index contributed by atoms with van der Waals surface area (Å²) in [4.78, 5) is 10.3. The Bertz CT molecular complexity index is 545. The van der Waals surface area contributed by atoms with Gasteiger partial charge in [-0.2, -0.15) is 0 Å². The van der Waals surface area contributed by atoms with Crippen LogP contribution in [-0.4, -0.2) is 4.92 Å². The molecule has 4 nitrogen and oxygen atoms in total. The molecule has 0 atom stereocenters. The molecule has 1 heterocycles. The predicted octanol–water partition coefficient (Wildman–Crippen LogP) is 4.46. The molecular formula is C14H17NO3. The average molecular weight is 247 g/mol. The van der Waals surface area contributed by atoms with Crippen LogP contribution in [0.15, 0.2) is 28.7 Å². The standard InChI is InChI=1S/C14H17NO3/c1-2-3-4-5-6-13-10-11-9-12(15(16)17)7-8-14(11)18-13/h7-10H,2-6H2,1H3. The van der Waals surface area contributed by atoms with Gasteiger partial charge < -0.3 is 4.42 Å². The summed E-state index contributed by atoms with van der Waals surface area (Å²) in [5, 5.41) is 11.5. The fourth-order valence-corrected chi connectivity index (χ4v) is 2.05. The number of hydrogen-bond acceptors (Lipinski definition) is 3. The van der Waals surface area contributed by atoms with Gasteiger partial charge >= 0.3 is 0 Å². The molecule has 18 heavy (non-hydrogen) atoms. The number of nitro groups is 1. The van der Waals surface area contributed by atoms with Crippen molar-refractivity contribution in [1.82, 2.24) is 0 Å². The molecule has 0 aliphatic carbocycles. The predicted molar refractivity (Wildman–Crippen MR) is 70.7 cm³/mol. The Morgan fingerprint density at radius 3 is 2.78 bits per heavy atom. The smallest absolute Gasteiger partial charge is 0.270 e. The molecule has 0 saturated heterocycles. The van der Waals surface area contributed by atoms with Crippen LogP contribution in [0, 0.1) is 10.1 Å². The Labute approximate surface area is 106 Å². The van der Waals surface area contributed by atoms with E-state index in [2.05, 4.69) is 6.92 Å². The first kappa shape index (κ1) is 12.6. The van der Waals surface area contributed by atoms with E-state index in [1.165, 1.54) is 25.3 Å². The largest absolute Gasteiger partial charge is 0.461 e. The van der Waals surface area contributed by atoms with Crippen molar-refractivity contribution in [3.05, 3.63) is 40.1 Å². The van der Waals surface area contributed by atoms with Gasteiger partial charge in [-0.1, -0.05) is 26.2 Å². The van der Waals surface area contributed by atoms with E-state index in [1.807, 2.05) is 6.07 Å². The molecular weight excluding hydrogens is 230 g/mol. The molecule has 0 amide bonds. The molecule has 4 heteroatoms. The SMILES string of the molecule is CCCCCCc1cc2cc([N+](=O)[O-])ccc2o1. The summed E-state index contributed by atoms with van der Waals surface area (Å²) in [5.41, 5.74) is 0.840. The van der Waals surface area contributed by atoms with Crippen LogP contribution in [0.25, 0.3) is 11.0 Å². The summed E-state index contributed by atoms with van der Waals surface area (Å²) in [6, 6.07) is 6.62. The summed E-state index contributed by atoms with van der Waals surface area (Å²) in [5.74, 6) is 0.918. The Balaban J connectivity index is 2.09. The minimum absolute atomic E-state index is 0.112. The fraction of sp³-hybridized carbons (Fsp3) is 0.429. The maximum absolute atomic E-state index is 10.7. The lowest BCUT2D eigenvalue weighted by Gasteiger charge is -1.95. The molecule has 0 spiro atoms. The summed E-state index contributed by atoms with van der Waals surface area (Å²) >= 11 is 0. The van der Waals surface area contributed by atoms with Gasteiger partial charge in [0.1, 0.15) is 11.3 Å². The second-order valence-corrected chi connectivity index (χ2v) is 4.50. The van der Waals surface area contributed by atoms with Crippen molar-refractivity contribution in [1.29, 1.82) is 0 Å². The molecule has 2 aromatic rings. The Morgan fingerprint density at radius 1 is 1.22 bits per heavy atom.